The van der Waals surface area contributed by atoms with Gasteiger partial charge in [0.25, 0.3) is 0 Å². The molecule has 0 aliphatic carbocycles. The molecule has 18 heavy (non-hydrogen) atoms. The van der Waals surface area contributed by atoms with E-state index in [0.717, 1.165) is 6.07 Å². The second-order valence-electron chi connectivity index (χ2n) is 3.01. The lowest BCUT2D eigenvalue weighted by atomic mass is 10.1. The maximum Gasteiger partial charge on any atom is 0.387 e. The zero-order valence-corrected chi connectivity index (χ0v) is 11.4. The fraction of sp³-hybridized carbons (Fsp3) is 0.273. The van der Waals surface area contributed by atoms with Crippen molar-refractivity contribution in [3.63, 3.8) is 0 Å². The van der Waals surface area contributed by atoms with Crippen LogP contribution in [-0.4, -0.2) is 19.2 Å². The summed E-state index contributed by atoms with van der Waals surface area (Å²) in [6, 6.07) is 4.17. The maximum atomic E-state index is 12.1. The van der Waals surface area contributed by atoms with Crippen LogP contribution in [0.3, 0.4) is 0 Å². The average Bonchev–Trinajstić information content (AvgIpc) is 2.29. The summed E-state index contributed by atoms with van der Waals surface area (Å²) >= 11 is 1.72. The molecule has 0 aromatic heterocycles. The number of carbonyl (C=O) groups excluding carboxylic acids is 1. The summed E-state index contributed by atoms with van der Waals surface area (Å²) < 4.78 is 33.5. The van der Waals surface area contributed by atoms with Gasteiger partial charge in [-0.05, 0) is 41.6 Å². The highest BCUT2D eigenvalue weighted by Crippen LogP contribution is 2.28. The number of rotatable bonds is 4. The predicted molar refractivity (Wildman–Crippen MR) is 66.5 cm³/mol. The van der Waals surface area contributed by atoms with E-state index < -0.39 is 12.6 Å². The zero-order valence-electron chi connectivity index (χ0n) is 9.25. The standard InChI is InChI=1S/C11H8F2INO3/c1-2-17-10(16)6-3-4-8(18-11(12)13)7(5-15)9(6)14/h3-4,11H,2H2,1H3. The Labute approximate surface area is 116 Å². The molecule has 0 aliphatic rings. The van der Waals surface area contributed by atoms with Gasteiger partial charge < -0.3 is 9.47 Å². The minimum Gasteiger partial charge on any atom is -0.462 e. The van der Waals surface area contributed by atoms with Crippen molar-refractivity contribution in [2.24, 2.45) is 0 Å². The number of alkyl halides is 2. The summed E-state index contributed by atoms with van der Waals surface area (Å²) in [5.74, 6) is -0.869. The highest BCUT2D eigenvalue weighted by molar-refractivity contribution is 14.1. The summed E-state index contributed by atoms with van der Waals surface area (Å²) in [5, 5.41) is 8.92. The lowest BCUT2D eigenvalue weighted by Crippen LogP contribution is -2.10. The second kappa shape index (κ2) is 6.49. The van der Waals surface area contributed by atoms with Crippen LogP contribution < -0.4 is 4.74 Å². The molecule has 0 N–H and O–H groups in total. The maximum absolute atomic E-state index is 12.1. The number of nitriles is 1. The highest BCUT2D eigenvalue weighted by Gasteiger charge is 2.19. The topological polar surface area (TPSA) is 59.3 Å². The van der Waals surface area contributed by atoms with Gasteiger partial charge in [-0.15, -0.1) is 0 Å². The van der Waals surface area contributed by atoms with Crippen molar-refractivity contribution in [1.82, 2.24) is 0 Å². The van der Waals surface area contributed by atoms with Crippen LogP contribution in [0.15, 0.2) is 12.1 Å². The van der Waals surface area contributed by atoms with Crippen molar-refractivity contribution >= 4 is 28.6 Å². The fourth-order valence-electron chi connectivity index (χ4n) is 1.22. The average molecular weight is 367 g/mol. The number of nitrogens with zero attached hydrogens (tertiary/aromatic N) is 1. The number of esters is 1. The van der Waals surface area contributed by atoms with Gasteiger partial charge in [0.15, 0.2) is 0 Å². The predicted octanol–water partition coefficient (Wildman–Crippen LogP) is 2.94. The Hall–Kier alpha value is -1.43. The molecule has 0 saturated heterocycles. The van der Waals surface area contributed by atoms with Crippen molar-refractivity contribution in [3.05, 3.63) is 26.8 Å². The van der Waals surface area contributed by atoms with E-state index in [0.29, 0.717) is 0 Å². The van der Waals surface area contributed by atoms with Gasteiger partial charge in [0.2, 0.25) is 0 Å². The molecule has 1 rings (SSSR count). The summed E-state index contributed by atoms with van der Waals surface area (Å²) in [6.45, 7) is -1.20. The lowest BCUT2D eigenvalue weighted by molar-refractivity contribution is -0.0500. The van der Waals surface area contributed by atoms with Gasteiger partial charge in [0.05, 0.1) is 12.2 Å². The van der Waals surface area contributed by atoms with Crippen LogP contribution in [0.2, 0.25) is 0 Å². The molecule has 0 atom stereocenters. The first-order valence-corrected chi connectivity index (χ1v) is 5.93. The van der Waals surface area contributed by atoms with Gasteiger partial charge in [-0.3, -0.25) is 0 Å². The minimum absolute atomic E-state index is 0.110. The smallest absolute Gasteiger partial charge is 0.387 e. The second-order valence-corrected chi connectivity index (χ2v) is 4.09. The largest absolute Gasteiger partial charge is 0.462 e. The van der Waals surface area contributed by atoms with Crippen molar-refractivity contribution in [3.8, 4) is 11.8 Å². The van der Waals surface area contributed by atoms with E-state index in [1.807, 2.05) is 0 Å². The van der Waals surface area contributed by atoms with Gasteiger partial charge >= 0.3 is 12.6 Å². The lowest BCUT2D eigenvalue weighted by Gasteiger charge is -2.10. The third-order valence-corrected chi connectivity index (χ3v) is 3.05. The third-order valence-electron chi connectivity index (χ3n) is 1.93. The van der Waals surface area contributed by atoms with Gasteiger partial charge in [-0.2, -0.15) is 14.0 Å². The van der Waals surface area contributed by atoms with Crippen LogP contribution in [0.5, 0.6) is 5.75 Å². The van der Waals surface area contributed by atoms with E-state index in [1.54, 1.807) is 35.6 Å². The molecule has 1 aromatic rings. The van der Waals surface area contributed by atoms with Crippen molar-refractivity contribution in [2.45, 2.75) is 13.5 Å². The van der Waals surface area contributed by atoms with Gasteiger partial charge in [0.1, 0.15) is 17.4 Å². The van der Waals surface area contributed by atoms with Crippen molar-refractivity contribution in [1.29, 1.82) is 5.26 Å². The SMILES string of the molecule is CCOC(=O)c1ccc(OC(F)F)c(C#N)c1I. The first-order chi connectivity index (χ1) is 8.51. The van der Waals surface area contributed by atoms with Crippen LogP contribution in [0, 0.1) is 14.9 Å². The van der Waals surface area contributed by atoms with E-state index >= 15 is 0 Å². The number of benzene rings is 1. The van der Waals surface area contributed by atoms with Crippen LogP contribution in [0.1, 0.15) is 22.8 Å². The highest BCUT2D eigenvalue weighted by atomic mass is 127. The molecule has 96 valence electrons. The quantitative estimate of drug-likeness (QED) is 0.607. The van der Waals surface area contributed by atoms with Crippen LogP contribution in [-0.2, 0) is 4.74 Å². The Morgan fingerprint density at radius 1 is 1.56 bits per heavy atom. The molecule has 0 saturated carbocycles. The monoisotopic (exact) mass is 367 g/mol. The van der Waals surface area contributed by atoms with E-state index in [4.69, 9.17) is 10.00 Å². The van der Waals surface area contributed by atoms with Crippen LogP contribution in [0.25, 0.3) is 0 Å². The number of hydrogen-bond donors (Lipinski definition) is 0. The number of ether oxygens (including phenoxy) is 2. The molecular formula is C11H8F2INO3. The zero-order chi connectivity index (χ0) is 13.7. The van der Waals surface area contributed by atoms with E-state index in [-0.39, 0.29) is 27.1 Å². The number of halogens is 3. The Morgan fingerprint density at radius 2 is 2.22 bits per heavy atom. The Kier molecular flexibility index (Phi) is 5.27. The van der Waals surface area contributed by atoms with Gasteiger partial charge in [-0.25, -0.2) is 4.79 Å². The molecular weight excluding hydrogens is 359 g/mol. The summed E-state index contributed by atoms with van der Waals surface area (Å²) in [7, 11) is 0. The molecule has 7 heteroatoms. The molecule has 0 radical (unpaired) electrons. The first kappa shape index (κ1) is 14.6. The van der Waals surface area contributed by atoms with Gasteiger partial charge in [0, 0.05) is 3.57 Å². The molecule has 1 aromatic carbocycles. The van der Waals surface area contributed by atoms with E-state index in [1.165, 1.54) is 6.07 Å². The van der Waals surface area contributed by atoms with Crippen molar-refractivity contribution in [2.75, 3.05) is 6.61 Å². The molecule has 0 bridgehead atoms. The molecule has 0 heterocycles. The molecule has 0 amide bonds. The number of carbonyl (C=O) groups is 1. The normalized spacial score (nSPS) is 10.0. The molecule has 4 nitrogen and oxygen atoms in total. The Morgan fingerprint density at radius 3 is 2.72 bits per heavy atom. The third kappa shape index (κ3) is 3.29. The number of hydrogen-bond acceptors (Lipinski definition) is 4. The van der Waals surface area contributed by atoms with Crippen LogP contribution in [0.4, 0.5) is 8.78 Å². The van der Waals surface area contributed by atoms with E-state index in [2.05, 4.69) is 4.74 Å². The molecule has 0 fully saturated rings. The van der Waals surface area contributed by atoms with E-state index in [9.17, 15) is 13.6 Å². The fourth-order valence-corrected chi connectivity index (χ4v) is 2.01. The molecule has 0 spiro atoms. The summed E-state index contributed by atoms with van der Waals surface area (Å²) in [6.07, 6.45) is 0. The first-order valence-electron chi connectivity index (χ1n) is 4.85. The van der Waals surface area contributed by atoms with Gasteiger partial charge in [-0.1, -0.05) is 0 Å². The minimum atomic E-state index is -3.03. The summed E-state index contributed by atoms with van der Waals surface area (Å²) in [4.78, 5) is 11.5. The Balaban J connectivity index is 3.21. The Bertz CT molecular complexity index is 500. The molecule has 0 unspecified atom stereocenters. The summed E-state index contributed by atoms with van der Waals surface area (Å²) in [5.41, 5.74) is 0.0390. The van der Waals surface area contributed by atoms with Crippen molar-refractivity contribution < 1.29 is 23.0 Å². The molecule has 0 aliphatic heterocycles. The van der Waals surface area contributed by atoms with Crippen LogP contribution >= 0.6 is 22.6 Å².